The van der Waals surface area contributed by atoms with E-state index >= 15 is 24.0 Å². The maximum atomic E-state index is 15.3. The Kier molecular flexibility index (Phi) is 36.2. The van der Waals surface area contributed by atoms with E-state index in [1.165, 1.54) is 89.7 Å². The molecule has 556 valence electrons. The summed E-state index contributed by atoms with van der Waals surface area (Å²) in [6, 6.07) is -14.7. The first kappa shape index (κ1) is 86.6. The number of carboxylic acid groups (broad SMARTS) is 1. The van der Waals surface area contributed by atoms with Gasteiger partial charge in [-0.3, -0.25) is 62.4 Å². The van der Waals surface area contributed by atoms with Gasteiger partial charge in [0.15, 0.2) is 0 Å². The minimum absolute atomic E-state index is 0.0646. The van der Waals surface area contributed by atoms with Crippen molar-refractivity contribution in [3.8, 4) is 0 Å². The van der Waals surface area contributed by atoms with E-state index in [1.54, 1.807) is 48.5 Å². The molecule has 0 aromatic heterocycles. The number of likely N-dealkylation sites (N-methyl/N-ethyl adjacent to an activating group) is 7. The van der Waals surface area contributed by atoms with Crippen LogP contribution in [0.2, 0.25) is 0 Å². The van der Waals surface area contributed by atoms with Crippen molar-refractivity contribution in [1.82, 2.24) is 60.5 Å². The van der Waals surface area contributed by atoms with Crippen LogP contribution in [0.25, 0.3) is 0 Å². The van der Waals surface area contributed by atoms with Crippen molar-refractivity contribution < 1.29 is 77.2 Å². The Morgan fingerprint density at radius 2 is 0.979 bits per heavy atom. The number of aliphatic hydroxyl groups is 1. The van der Waals surface area contributed by atoms with Crippen LogP contribution in [0.3, 0.4) is 0 Å². The lowest BCUT2D eigenvalue weighted by molar-refractivity contribution is -0.157. The van der Waals surface area contributed by atoms with Crippen molar-refractivity contribution in [3.05, 3.63) is 0 Å². The Morgan fingerprint density at radius 1 is 0.505 bits per heavy atom. The van der Waals surface area contributed by atoms with E-state index in [4.69, 9.17) is 9.47 Å². The standard InChI is InChI=1S/C69H124N12O16/c1-24-49-65(91)74(17)47(15)64(90)79(22)56(48(16)97-33-26-25-30-81-31-34-96-35-32-81)61(87)73-54(42(8)9)68(94)75(18)50(36-39(2)3)60(86)70-45(13)59(85)71-46(14)63(89)76(19)51(37-40(4)5)66(92)77(20)52(38-41(6)7)67(93)78(21)55(43(10)11)69(95)80(23)57(62(88)72-49)58(84)44(12)28-27-29-53(82)83/h39-52,54-58,84H,24-38H2,1-23H3,(H,70,86)(H,71,85)(H,72,88)(H,73,87)(H,82,83)/t44-,45+,46-,47-,48-,49+,50+,51+,52+,54+,55+,56+,57+,58-/m1/s1. The molecule has 0 radical (unpaired) electrons. The summed E-state index contributed by atoms with van der Waals surface area (Å²) in [7, 11) is 9.67. The topological polar surface area (TPSA) is 338 Å². The Bertz CT molecular complexity index is 2640. The van der Waals surface area contributed by atoms with Crippen molar-refractivity contribution in [2.45, 2.75) is 247 Å². The molecule has 2 saturated heterocycles. The molecule has 2 aliphatic rings. The number of carboxylic acids is 1. The van der Waals surface area contributed by atoms with Crippen LogP contribution in [-0.2, 0) is 67.0 Å². The van der Waals surface area contributed by atoms with E-state index in [-0.39, 0.29) is 69.3 Å². The number of hydrogen-bond donors (Lipinski definition) is 6. The minimum atomic E-state index is -1.76. The summed E-state index contributed by atoms with van der Waals surface area (Å²) >= 11 is 0. The Labute approximate surface area is 578 Å². The van der Waals surface area contributed by atoms with Gasteiger partial charge in [-0.25, -0.2) is 0 Å². The lowest BCUT2D eigenvalue weighted by Gasteiger charge is -2.41. The van der Waals surface area contributed by atoms with Crippen LogP contribution in [0.15, 0.2) is 0 Å². The molecule has 28 heteroatoms. The highest BCUT2D eigenvalue weighted by Gasteiger charge is 2.47. The summed E-state index contributed by atoms with van der Waals surface area (Å²) in [5.41, 5.74) is 0. The number of aliphatic hydroxyl groups excluding tert-OH is 1. The number of unbranched alkanes of at least 4 members (excludes halogenated alkanes) is 1. The van der Waals surface area contributed by atoms with Gasteiger partial charge in [-0.15, -0.1) is 0 Å². The van der Waals surface area contributed by atoms with Crippen LogP contribution >= 0.6 is 0 Å². The fourth-order valence-electron chi connectivity index (χ4n) is 12.6. The first-order chi connectivity index (χ1) is 45.1. The molecule has 2 heterocycles. The Hall–Kier alpha value is -6.52. The first-order valence-corrected chi connectivity index (χ1v) is 35.0. The van der Waals surface area contributed by atoms with E-state index in [1.807, 2.05) is 41.5 Å². The fraction of sp³-hybridized carbons (Fsp3) is 0.826. The highest BCUT2D eigenvalue weighted by atomic mass is 16.5. The van der Waals surface area contributed by atoms with Gasteiger partial charge in [0.25, 0.3) is 0 Å². The van der Waals surface area contributed by atoms with Gasteiger partial charge in [0.1, 0.15) is 66.5 Å². The molecular formula is C69H124N12O16. The Morgan fingerprint density at radius 3 is 1.48 bits per heavy atom. The predicted molar refractivity (Wildman–Crippen MR) is 368 cm³/mol. The van der Waals surface area contributed by atoms with E-state index in [0.717, 1.165) is 40.8 Å². The van der Waals surface area contributed by atoms with Gasteiger partial charge in [-0.1, -0.05) is 83.1 Å². The number of carbonyl (C=O) groups is 12. The maximum absolute atomic E-state index is 15.3. The fourth-order valence-corrected chi connectivity index (χ4v) is 12.6. The summed E-state index contributed by atoms with van der Waals surface area (Å²) < 4.78 is 11.8. The lowest BCUT2D eigenvalue weighted by atomic mass is 9.90. The number of ether oxygens (including phenoxy) is 2. The number of morpholine rings is 1. The largest absolute Gasteiger partial charge is 0.481 e. The molecule has 14 atom stereocenters. The monoisotopic (exact) mass is 1380 g/mol. The second-order valence-corrected chi connectivity index (χ2v) is 29.0. The van der Waals surface area contributed by atoms with E-state index in [2.05, 4.69) is 26.2 Å². The zero-order chi connectivity index (χ0) is 74.4. The van der Waals surface area contributed by atoms with Crippen LogP contribution in [-0.4, -0.2) is 288 Å². The molecule has 0 aliphatic carbocycles. The van der Waals surface area contributed by atoms with Gasteiger partial charge in [0, 0.05) is 75.5 Å². The number of nitrogens with one attached hydrogen (secondary N) is 4. The number of hydrogen-bond acceptors (Lipinski definition) is 16. The van der Waals surface area contributed by atoms with Gasteiger partial charge < -0.3 is 75.3 Å². The van der Waals surface area contributed by atoms with Crippen LogP contribution < -0.4 is 21.3 Å². The second-order valence-electron chi connectivity index (χ2n) is 29.0. The molecule has 28 nitrogen and oxygen atoms in total. The number of nitrogens with zero attached hydrogens (tertiary/aromatic N) is 8. The summed E-state index contributed by atoms with van der Waals surface area (Å²) in [4.78, 5) is 185. The predicted octanol–water partition coefficient (Wildman–Crippen LogP) is 2.42. The van der Waals surface area contributed by atoms with E-state index in [0.29, 0.717) is 19.6 Å². The molecule has 0 saturated carbocycles. The summed E-state index contributed by atoms with van der Waals surface area (Å²) in [5.74, 6) is -11.9. The number of rotatable bonds is 22. The summed E-state index contributed by atoms with van der Waals surface area (Å²) in [6.07, 6.45) is -1.12. The van der Waals surface area contributed by atoms with E-state index in [9.17, 15) is 43.8 Å². The average Bonchev–Trinajstić information content (AvgIpc) is 0.824. The SMILES string of the molecule is CC[C@@H]1NC(=O)[C@H]([C@H](O)[C@H](C)CCCC(=O)O)N(C)C(=O)[C@H](C(C)C)N(C)C(=O)[C@H](CC(C)C)N(C)C(=O)[C@H](CC(C)C)N(C)C(=O)[C@@H](C)NC(=O)[C@H](C)NC(=O)[C@H](CC(C)C)N(C)C(=O)[C@H](C(C)C)NC(=O)[C@H]([C@@H](C)OCCCCN2CCOCC2)N(C)C(=O)[C@@H](C)N(C)C1=O. The van der Waals surface area contributed by atoms with Gasteiger partial charge in [0.05, 0.1) is 25.4 Å². The number of aliphatic carboxylic acids is 1. The maximum Gasteiger partial charge on any atom is 0.303 e. The first-order valence-electron chi connectivity index (χ1n) is 35.0. The molecule has 6 N–H and O–H groups in total. The van der Waals surface area contributed by atoms with Gasteiger partial charge >= 0.3 is 5.97 Å². The van der Waals surface area contributed by atoms with Crippen molar-refractivity contribution in [2.75, 3.05) is 88.8 Å². The molecule has 0 unspecified atom stereocenters. The second kappa shape index (κ2) is 40.5. The average molecular weight is 1380 g/mol. The molecule has 2 rings (SSSR count). The molecule has 11 amide bonds. The van der Waals surface area contributed by atoms with Crippen molar-refractivity contribution in [2.24, 2.45) is 35.5 Å². The zero-order valence-electron chi connectivity index (χ0n) is 62.8. The third kappa shape index (κ3) is 25.0. The molecule has 97 heavy (non-hydrogen) atoms. The molecule has 0 aromatic rings. The van der Waals surface area contributed by atoms with Crippen LogP contribution in [0.5, 0.6) is 0 Å². The van der Waals surface area contributed by atoms with Crippen molar-refractivity contribution in [3.63, 3.8) is 0 Å². The Balaban J connectivity index is 3.02. The highest BCUT2D eigenvalue weighted by Crippen LogP contribution is 2.26. The zero-order valence-corrected chi connectivity index (χ0v) is 62.8. The molecule has 0 spiro atoms. The van der Waals surface area contributed by atoms with Crippen LogP contribution in [0.4, 0.5) is 0 Å². The molecule has 0 aromatic carbocycles. The number of amides is 11. The quantitative estimate of drug-likeness (QED) is 0.0848. The molecular weight excluding hydrogens is 1250 g/mol. The molecule has 2 aliphatic heterocycles. The lowest BCUT2D eigenvalue weighted by Crippen LogP contribution is -2.64. The normalized spacial score (nSPS) is 27.1. The third-order valence-electron chi connectivity index (χ3n) is 18.9. The van der Waals surface area contributed by atoms with Gasteiger partial charge in [-0.2, -0.15) is 0 Å². The van der Waals surface area contributed by atoms with Crippen molar-refractivity contribution in [1.29, 1.82) is 0 Å². The van der Waals surface area contributed by atoms with Crippen LogP contribution in [0, 0.1) is 35.5 Å². The highest BCUT2D eigenvalue weighted by molar-refractivity contribution is 6.00. The summed E-state index contributed by atoms with van der Waals surface area (Å²) in [5, 5.41) is 32.7. The summed E-state index contributed by atoms with van der Waals surface area (Å²) in [6.45, 7) is 30.8. The molecule has 0 bridgehead atoms. The minimum Gasteiger partial charge on any atom is -0.481 e. The third-order valence-corrected chi connectivity index (χ3v) is 18.9. The van der Waals surface area contributed by atoms with Crippen molar-refractivity contribution >= 4 is 70.9 Å². The molecule has 2 fully saturated rings. The number of carbonyl (C=O) groups excluding carboxylic acids is 11. The smallest absolute Gasteiger partial charge is 0.303 e. The van der Waals surface area contributed by atoms with Crippen LogP contribution in [0.1, 0.15) is 169 Å². The van der Waals surface area contributed by atoms with Gasteiger partial charge in [-0.05, 0) is 121 Å². The van der Waals surface area contributed by atoms with Gasteiger partial charge in [0.2, 0.25) is 65.0 Å². The van der Waals surface area contributed by atoms with E-state index < -0.39 is 167 Å².